The van der Waals surface area contributed by atoms with Gasteiger partial charge in [-0.1, -0.05) is 51.4 Å². The van der Waals surface area contributed by atoms with Crippen LogP contribution in [0.5, 0.6) is 0 Å². The van der Waals surface area contributed by atoms with Gasteiger partial charge >= 0.3 is 0 Å². The zero-order valence-corrected chi connectivity index (χ0v) is 9.06. The first-order valence-electron chi connectivity index (χ1n) is 5.96. The lowest BCUT2D eigenvalue weighted by Gasteiger charge is -2.14. The van der Waals surface area contributed by atoms with Crippen molar-refractivity contribution < 1.29 is 4.74 Å². The second kappa shape index (κ2) is 7.37. The van der Waals surface area contributed by atoms with Gasteiger partial charge in [0, 0.05) is 7.11 Å². The van der Waals surface area contributed by atoms with Crippen molar-refractivity contribution in [2.45, 2.75) is 70.3 Å². The molecule has 13 heavy (non-hydrogen) atoms. The lowest BCUT2D eigenvalue weighted by Crippen LogP contribution is -2.09. The molecular formula is C12H24O. The lowest BCUT2D eigenvalue weighted by molar-refractivity contribution is 0.0837. The van der Waals surface area contributed by atoms with Gasteiger partial charge < -0.3 is 4.74 Å². The number of rotatable bonds is 1. The van der Waals surface area contributed by atoms with Crippen LogP contribution >= 0.6 is 0 Å². The van der Waals surface area contributed by atoms with Gasteiger partial charge in [0.2, 0.25) is 0 Å². The molecule has 1 aliphatic carbocycles. The summed E-state index contributed by atoms with van der Waals surface area (Å²) in [6.07, 6.45) is 14.5. The molecule has 0 aliphatic heterocycles. The molecule has 1 aliphatic rings. The SMILES string of the molecule is COC1CCCCCCCCCC1. The van der Waals surface area contributed by atoms with Gasteiger partial charge in [-0.15, -0.1) is 0 Å². The van der Waals surface area contributed by atoms with Crippen molar-refractivity contribution in [1.29, 1.82) is 0 Å². The fourth-order valence-electron chi connectivity index (χ4n) is 2.18. The van der Waals surface area contributed by atoms with Crippen LogP contribution in [-0.2, 0) is 4.74 Å². The van der Waals surface area contributed by atoms with E-state index in [2.05, 4.69) is 0 Å². The molecule has 0 heterocycles. The Morgan fingerprint density at radius 2 is 1.08 bits per heavy atom. The third-order valence-electron chi connectivity index (χ3n) is 3.14. The standard InChI is InChI=1S/C12H24O/c1-13-12-10-8-6-4-2-3-5-7-9-11-12/h12H,2-11H2,1H3. The van der Waals surface area contributed by atoms with E-state index in [9.17, 15) is 0 Å². The van der Waals surface area contributed by atoms with Crippen molar-refractivity contribution in [3.05, 3.63) is 0 Å². The zero-order chi connectivity index (χ0) is 9.36. The molecule has 78 valence electrons. The van der Waals surface area contributed by atoms with Gasteiger partial charge in [-0.2, -0.15) is 0 Å². The van der Waals surface area contributed by atoms with Gasteiger partial charge in [0.25, 0.3) is 0 Å². The van der Waals surface area contributed by atoms with E-state index in [1.165, 1.54) is 64.2 Å². The topological polar surface area (TPSA) is 9.23 Å². The Morgan fingerprint density at radius 3 is 1.46 bits per heavy atom. The van der Waals surface area contributed by atoms with Crippen molar-refractivity contribution >= 4 is 0 Å². The summed E-state index contributed by atoms with van der Waals surface area (Å²) in [6, 6.07) is 0. The maximum atomic E-state index is 5.46. The quantitative estimate of drug-likeness (QED) is 0.600. The average molecular weight is 184 g/mol. The molecule has 0 unspecified atom stereocenters. The Bertz CT molecular complexity index is 99.7. The summed E-state index contributed by atoms with van der Waals surface area (Å²) in [7, 11) is 1.87. The highest BCUT2D eigenvalue weighted by Gasteiger charge is 2.07. The summed E-state index contributed by atoms with van der Waals surface area (Å²) in [6.45, 7) is 0. The van der Waals surface area contributed by atoms with E-state index >= 15 is 0 Å². The number of hydrogen-bond acceptors (Lipinski definition) is 1. The van der Waals surface area contributed by atoms with Gasteiger partial charge in [0.05, 0.1) is 6.10 Å². The molecule has 1 fully saturated rings. The lowest BCUT2D eigenvalue weighted by atomic mass is 10.1. The Labute approximate surface area is 82.9 Å². The number of ether oxygens (including phenoxy) is 1. The molecule has 1 nitrogen and oxygen atoms in total. The van der Waals surface area contributed by atoms with Crippen LogP contribution in [0.25, 0.3) is 0 Å². The Hall–Kier alpha value is -0.0400. The van der Waals surface area contributed by atoms with Crippen LogP contribution < -0.4 is 0 Å². The van der Waals surface area contributed by atoms with Crippen molar-refractivity contribution in [2.75, 3.05) is 7.11 Å². The predicted molar refractivity (Wildman–Crippen MR) is 57.0 cm³/mol. The number of hydrogen-bond donors (Lipinski definition) is 0. The zero-order valence-electron chi connectivity index (χ0n) is 9.06. The average Bonchev–Trinajstić information content (AvgIpc) is 2.22. The van der Waals surface area contributed by atoms with Crippen LogP contribution in [0.3, 0.4) is 0 Å². The van der Waals surface area contributed by atoms with E-state index in [-0.39, 0.29) is 0 Å². The Balaban J connectivity index is 2.18. The summed E-state index contributed by atoms with van der Waals surface area (Å²) < 4.78 is 5.46. The third-order valence-corrected chi connectivity index (χ3v) is 3.14. The monoisotopic (exact) mass is 184 g/mol. The van der Waals surface area contributed by atoms with Gasteiger partial charge in [-0.3, -0.25) is 0 Å². The summed E-state index contributed by atoms with van der Waals surface area (Å²) >= 11 is 0. The molecule has 1 rings (SSSR count). The smallest absolute Gasteiger partial charge is 0.0571 e. The van der Waals surface area contributed by atoms with Crippen molar-refractivity contribution in [2.24, 2.45) is 0 Å². The molecule has 1 heteroatoms. The first kappa shape index (κ1) is 11.0. The summed E-state index contributed by atoms with van der Waals surface area (Å²) in [5.41, 5.74) is 0. The second-order valence-electron chi connectivity index (χ2n) is 4.26. The summed E-state index contributed by atoms with van der Waals surface area (Å²) in [5, 5.41) is 0. The van der Waals surface area contributed by atoms with E-state index in [4.69, 9.17) is 4.74 Å². The van der Waals surface area contributed by atoms with E-state index in [0.29, 0.717) is 6.10 Å². The molecular weight excluding hydrogens is 160 g/mol. The first-order valence-corrected chi connectivity index (χ1v) is 5.96. The minimum atomic E-state index is 0.554. The normalized spacial score (nSPS) is 23.8. The fourth-order valence-corrected chi connectivity index (χ4v) is 2.18. The Kier molecular flexibility index (Phi) is 6.26. The molecule has 0 bridgehead atoms. The first-order chi connectivity index (χ1) is 6.43. The maximum absolute atomic E-state index is 5.46. The highest BCUT2D eigenvalue weighted by atomic mass is 16.5. The molecule has 0 saturated heterocycles. The molecule has 0 atom stereocenters. The number of methoxy groups -OCH3 is 1. The van der Waals surface area contributed by atoms with Crippen molar-refractivity contribution in [3.63, 3.8) is 0 Å². The third kappa shape index (κ3) is 5.30. The van der Waals surface area contributed by atoms with Crippen molar-refractivity contribution in [3.8, 4) is 0 Å². The highest BCUT2D eigenvalue weighted by molar-refractivity contribution is 4.60. The molecule has 0 amide bonds. The van der Waals surface area contributed by atoms with Crippen molar-refractivity contribution in [1.82, 2.24) is 0 Å². The molecule has 0 aromatic rings. The fraction of sp³-hybridized carbons (Fsp3) is 1.00. The van der Waals surface area contributed by atoms with E-state index in [1.54, 1.807) is 0 Å². The largest absolute Gasteiger partial charge is 0.381 e. The van der Waals surface area contributed by atoms with E-state index in [1.807, 2.05) is 7.11 Å². The van der Waals surface area contributed by atoms with Crippen LogP contribution in [0, 0.1) is 0 Å². The summed E-state index contributed by atoms with van der Waals surface area (Å²) in [5.74, 6) is 0. The minimum absolute atomic E-state index is 0.554. The second-order valence-corrected chi connectivity index (χ2v) is 4.26. The molecule has 0 radical (unpaired) electrons. The Morgan fingerprint density at radius 1 is 0.692 bits per heavy atom. The highest BCUT2D eigenvalue weighted by Crippen LogP contribution is 2.18. The van der Waals surface area contributed by atoms with Crippen LogP contribution in [0.4, 0.5) is 0 Å². The maximum Gasteiger partial charge on any atom is 0.0571 e. The van der Waals surface area contributed by atoms with Crippen LogP contribution in [0.15, 0.2) is 0 Å². The predicted octanol–water partition coefficient (Wildman–Crippen LogP) is 3.92. The van der Waals surface area contributed by atoms with Crippen LogP contribution in [0.1, 0.15) is 64.2 Å². The molecule has 0 aromatic carbocycles. The van der Waals surface area contributed by atoms with Gasteiger partial charge in [-0.25, -0.2) is 0 Å². The summed E-state index contributed by atoms with van der Waals surface area (Å²) in [4.78, 5) is 0. The van der Waals surface area contributed by atoms with Crippen LogP contribution in [-0.4, -0.2) is 13.2 Å². The van der Waals surface area contributed by atoms with Crippen LogP contribution in [0.2, 0.25) is 0 Å². The van der Waals surface area contributed by atoms with Gasteiger partial charge in [-0.05, 0) is 12.8 Å². The molecule has 0 aromatic heterocycles. The van der Waals surface area contributed by atoms with Gasteiger partial charge in [0.15, 0.2) is 0 Å². The molecule has 0 spiro atoms. The van der Waals surface area contributed by atoms with Gasteiger partial charge in [0.1, 0.15) is 0 Å². The molecule has 0 N–H and O–H groups in total. The minimum Gasteiger partial charge on any atom is -0.381 e. The molecule has 1 saturated carbocycles. The van der Waals surface area contributed by atoms with E-state index < -0.39 is 0 Å². The van der Waals surface area contributed by atoms with E-state index in [0.717, 1.165) is 0 Å².